The molecule has 3 aliphatic rings. The van der Waals surface area contributed by atoms with E-state index in [-0.39, 0.29) is 24.0 Å². The van der Waals surface area contributed by atoms with Gasteiger partial charge in [0.15, 0.2) is 5.17 Å². The number of halogens is 1. The summed E-state index contributed by atoms with van der Waals surface area (Å²) >= 11 is 4.75. The van der Waals surface area contributed by atoms with E-state index in [9.17, 15) is 9.59 Å². The molecule has 2 atom stereocenters. The Morgan fingerprint density at radius 1 is 1.32 bits per heavy atom. The highest BCUT2D eigenvalue weighted by atomic mass is 79.9. The molecule has 1 saturated heterocycles. The molecular weight excluding hydrogens is 442 g/mol. The molecule has 4 rings (SSSR count). The van der Waals surface area contributed by atoms with Gasteiger partial charge in [-0.3, -0.25) is 9.59 Å². The number of carbonyl (C=O) groups is 2. The van der Waals surface area contributed by atoms with Gasteiger partial charge in [-0.05, 0) is 43.8 Å². The van der Waals surface area contributed by atoms with Crippen LogP contribution in [0.15, 0.2) is 45.2 Å². The van der Waals surface area contributed by atoms with E-state index in [4.69, 9.17) is 4.74 Å². The molecule has 0 aromatic heterocycles. The van der Waals surface area contributed by atoms with Crippen LogP contribution in [-0.2, 0) is 14.3 Å². The van der Waals surface area contributed by atoms with Crippen molar-refractivity contribution in [3.05, 3.63) is 45.8 Å². The summed E-state index contributed by atoms with van der Waals surface area (Å²) in [5.41, 5.74) is 1.95. The lowest BCUT2D eigenvalue weighted by molar-refractivity contribution is -0.115. The van der Waals surface area contributed by atoms with Gasteiger partial charge in [-0.2, -0.15) is 4.99 Å². The van der Waals surface area contributed by atoms with Crippen LogP contribution in [0.25, 0.3) is 5.57 Å². The van der Waals surface area contributed by atoms with Crippen LogP contribution in [0.2, 0.25) is 0 Å². The zero-order chi connectivity index (χ0) is 20.0. The van der Waals surface area contributed by atoms with Gasteiger partial charge in [0.25, 0.3) is 11.8 Å². The first-order valence-electron chi connectivity index (χ1n) is 9.07. The summed E-state index contributed by atoms with van der Waals surface area (Å²) in [4.78, 5) is 34.2. The van der Waals surface area contributed by atoms with E-state index in [1.54, 1.807) is 11.0 Å². The predicted octanol–water partition coefficient (Wildman–Crippen LogP) is 3.43. The number of morpholine rings is 1. The van der Waals surface area contributed by atoms with Crippen molar-refractivity contribution in [2.45, 2.75) is 26.1 Å². The normalized spacial score (nSPS) is 27.3. The number of hydrogen-bond donors (Lipinski definition) is 0. The third kappa shape index (κ3) is 3.33. The molecule has 2 amide bonds. The molecule has 3 heterocycles. The lowest BCUT2D eigenvalue weighted by Crippen LogP contribution is -2.47. The monoisotopic (exact) mass is 461 g/mol. The molecule has 3 aliphatic heterocycles. The van der Waals surface area contributed by atoms with Crippen LogP contribution in [0.5, 0.6) is 0 Å². The number of amides is 2. The summed E-state index contributed by atoms with van der Waals surface area (Å²) in [5, 5.41) is 0.640. The Hall–Kier alpha value is -1.90. The summed E-state index contributed by atoms with van der Waals surface area (Å²) in [5.74, 6) is -0.550. The van der Waals surface area contributed by atoms with E-state index in [2.05, 4.69) is 32.4 Å². The van der Waals surface area contributed by atoms with E-state index in [0.29, 0.717) is 35.3 Å². The minimum atomic E-state index is -0.360. The lowest BCUT2D eigenvalue weighted by atomic mass is 10.1. The molecule has 28 heavy (non-hydrogen) atoms. The number of ether oxygens (including phenoxy) is 1. The first kappa shape index (κ1) is 19.4. The largest absolute Gasteiger partial charge is 0.372 e. The highest BCUT2D eigenvalue weighted by Crippen LogP contribution is 2.44. The number of fused-ring (bicyclic) bond motifs is 1. The quantitative estimate of drug-likeness (QED) is 0.498. The molecule has 0 bridgehead atoms. The molecule has 1 aromatic carbocycles. The van der Waals surface area contributed by atoms with Crippen LogP contribution in [0.3, 0.4) is 0 Å². The maximum Gasteiger partial charge on any atom is 0.287 e. The predicted molar refractivity (Wildman–Crippen MR) is 115 cm³/mol. The number of anilines is 1. The molecular formula is C20H20BrN3O3S. The minimum absolute atomic E-state index is 0.0618. The minimum Gasteiger partial charge on any atom is -0.372 e. The zero-order valence-electron chi connectivity index (χ0n) is 15.6. The Balaban J connectivity index is 1.72. The van der Waals surface area contributed by atoms with Gasteiger partial charge in [0, 0.05) is 29.7 Å². The molecule has 0 N–H and O–H groups in total. The molecule has 1 fully saturated rings. The van der Waals surface area contributed by atoms with Gasteiger partial charge in [-0.1, -0.05) is 22.0 Å². The van der Waals surface area contributed by atoms with Crippen LogP contribution in [0.4, 0.5) is 5.69 Å². The van der Waals surface area contributed by atoms with Crippen molar-refractivity contribution in [2.75, 3.05) is 24.5 Å². The fourth-order valence-electron chi connectivity index (χ4n) is 3.76. The van der Waals surface area contributed by atoms with E-state index < -0.39 is 0 Å². The van der Waals surface area contributed by atoms with Gasteiger partial charge in [-0.15, -0.1) is 6.58 Å². The highest BCUT2D eigenvalue weighted by molar-refractivity contribution is 9.10. The van der Waals surface area contributed by atoms with E-state index in [1.165, 1.54) is 11.8 Å². The summed E-state index contributed by atoms with van der Waals surface area (Å²) < 4.78 is 6.62. The Morgan fingerprint density at radius 2 is 2.04 bits per heavy atom. The zero-order valence-corrected chi connectivity index (χ0v) is 18.0. The van der Waals surface area contributed by atoms with Gasteiger partial charge >= 0.3 is 0 Å². The van der Waals surface area contributed by atoms with Crippen LogP contribution in [0.1, 0.15) is 19.4 Å². The number of amidine groups is 1. The Morgan fingerprint density at radius 3 is 2.71 bits per heavy atom. The number of carbonyl (C=O) groups excluding carboxylic acids is 2. The van der Waals surface area contributed by atoms with Gasteiger partial charge in [0.1, 0.15) is 0 Å². The van der Waals surface area contributed by atoms with Crippen molar-refractivity contribution < 1.29 is 14.3 Å². The average Bonchev–Trinajstić information content (AvgIpc) is 3.12. The van der Waals surface area contributed by atoms with Crippen molar-refractivity contribution in [1.29, 1.82) is 0 Å². The molecule has 1 aromatic rings. The van der Waals surface area contributed by atoms with Crippen molar-refractivity contribution in [1.82, 2.24) is 4.90 Å². The molecule has 146 valence electrons. The standard InChI is InChI=1S/C20H20BrN3O3S/c1-4-7-24-15-6-5-13(21)8-14(15)16(19(24)26)17-18(25)22-20(28-17)23-9-11(2)27-12(3)10-23/h4-6,8,11-12H,1,7,9-10H2,2-3H3/b17-16-. The maximum absolute atomic E-state index is 13.1. The SMILES string of the molecule is C=CCN1C(=O)/C(=C2\SC(N3CC(C)OC(C)C3)=NC2=O)c2cc(Br)ccc21. The van der Waals surface area contributed by atoms with Crippen LogP contribution in [0, 0.1) is 0 Å². The van der Waals surface area contributed by atoms with Gasteiger partial charge in [0.05, 0.1) is 28.4 Å². The Labute approximate surface area is 176 Å². The maximum atomic E-state index is 13.1. The number of hydrogen-bond acceptors (Lipinski definition) is 5. The van der Waals surface area contributed by atoms with E-state index in [1.807, 2.05) is 32.0 Å². The third-order valence-electron chi connectivity index (χ3n) is 4.79. The fourth-order valence-corrected chi connectivity index (χ4v) is 5.14. The molecule has 0 radical (unpaired) electrons. The second kappa shape index (κ2) is 7.50. The van der Waals surface area contributed by atoms with Crippen molar-refractivity contribution in [3.8, 4) is 0 Å². The van der Waals surface area contributed by atoms with Gasteiger partial charge < -0.3 is 14.5 Å². The summed E-state index contributed by atoms with van der Waals surface area (Å²) in [6, 6.07) is 5.65. The van der Waals surface area contributed by atoms with Crippen LogP contribution >= 0.6 is 27.7 Å². The van der Waals surface area contributed by atoms with Crippen molar-refractivity contribution in [3.63, 3.8) is 0 Å². The first-order valence-corrected chi connectivity index (χ1v) is 10.7. The molecule has 8 heteroatoms. The number of nitrogens with zero attached hydrogens (tertiary/aromatic N) is 3. The van der Waals surface area contributed by atoms with Gasteiger partial charge in [0.2, 0.25) is 0 Å². The van der Waals surface area contributed by atoms with E-state index >= 15 is 0 Å². The first-order chi connectivity index (χ1) is 13.4. The van der Waals surface area contributed by atoms with Crippen molar-refractivity contribution in [2.24, 2.45) is 4.99 Å². The Bertz CT molecular complexity index is 933. The number of benzene rings is 1. The van der Waals surface area contributed by atoms with Crippen LogP contribution < -0.4 is 4.90 Å². The number of thioether (sulfide) groups is 1. The molecule has 0 aliphatic carbocycles. The van der Waals surface area contributed by atoms with Crippen LogP contribution in [-0.4, -0.2) is 53.7 Å². The number of aliphatic imine (C=N–C) groups is 1. The average molecular weight is 462 g/mol. The smallest absolute Gasteiger partial charge is 0.287 e. The third-order valence-corrected chi connectivity index (χ3v) is 6.40. The second-order valence-corrected chi connectivity index (χ2v) is 8.93. The van der Waals surface area contributed by atoms with Crippen molar-refractivity contribution >= 4 is 55.9 Å². The number of rotatable bonds is 2. The molecule has 0 saturated carbocycles. The highest BCUT2D eigenvalue weighted by Gasteiger charge is 2.40. The fraction of sp³-hybridized carbons (Fsp3) is 0.350. The topological polar surface area (TPSA) is 62.2 Å². The molecule has 0 spiro atoms. The summed E-state index contributed by atoms with van der Waals surface area (Å²) in [6.07, 6.45) is 1.80. The lowest BCUT2D eigenvalue weighted by Gasteiger charge is -2.35. The Kier molecular flexibility index (Phi) is 5.20. The summed E-state index contributed by atoms with van der Waals surface area (Å²) in [6.45, 7) is 9.48. The molecule has 6 nitrogen and oxygen atoms in total. The van der Waals surface area contributed by atoms with Gasteiger partial charge in [-0.25, -0.2) is 0 Å². The second-order valence-electron chi connectivity index (χ2n) is 7.03. The summed E-state index contributed by atoms with van der Waals surface area (Å²) in [7, 11) is 0. The molecule has 2 unspecified atom stereocenters. The van der Waals surface area contributed by atoms with E-state index in [0.717, 1.165) is 15.7 Å².